The van der Waals surface area contributed by atoms with E-state index in [1.54, 1.807) is 18.3 Å². The molecule has 0 radical (unpaired) electrons. The summed E-state index contributed by atoms with van der Waals surface area (Å²) in [5, 5.41) is 16.8. The van der Waals surface area contributed by atoms with Gasteiger partial charge in [-0.2, -0.15) is 5.10 Å². The first-order valence-corrected chi connectivity index (χ1v) is 9.73. The van der Waals surface area contributed by atoms with Gasteiger partial charge in [0, 0.05) is 23.7 Å². The van der Waals surface area contributed by atoms with Crippen LogP contribution in [0, 0.1) is 0 Å². The van der Waals surface area contributed by atoms with E-state index in [0.717, 1.165) is 34.0 Å². The van der Waals surface area contributed by atoms with Crippen LogP contribution in [0.25, 0.3) is 0 Å². The highest BCUT2D eigenvalue weighted by atomic mass is 16.5. The monoisotopic (exact) mass is 387 g/mol. The molecule has 6 heteroatoms. The SMILES string of the molecule is CCOc1cccc2c1O[C@H](c1ccccn1)N1N=C(c3cccc(O)c3)C[C@H]21. The summed E-state index contributed by atoms with van der Waals surface area (Å²) >= 11 is 0. The molecule has 3 aromatic rings. The Morgan fingerprint density at radius 3 is 2.83 bits per heavy atom. The zero-order valence-corrected chi connectivity index (χ0v) is 16.0. The number of hydrogen-bond acceptors (Lipinski definition) is 6. The van der Waals surface area contributed by atoms with Crippen molar-refractivity contribution < 1.29 is 14.6 Å². The molecule has 2 aliphatic rings. The lowest BCUT2D eigenvalue weighted by Crippen LogP contribution is -2.34. The fourth-order valence-corrected chi connectivity index (χ4v) is 3.93. The van der Waals surface area contributed by atoms with Gasteiger partial charge in [-0.15, -0.1) is 0 Å². The van der Waals surface area contributed by atoms with E-state index in [2.05, 4.69) is 11.1 Å². The number of aromatic nitrogens is 1. The van der Waals surface area contributed by atoms with Gasteiger partial charge in [-0.1, -0.05) is 30.3 Å². The second-order valence-electron chi connectivity index (χ2n) is 7.03. The van der Waals surface area contributed by atoms with Gasteiger partial charge >= 0.3 is 0 Å². The van der Waals surface area contributed by atoms with Crippen molar-refractivity contribution in [3.63, 3.8) is 0 Å². The number of aromatic hydroxyl groups is 1. The second-order valence-corrected chi connectivity index (χ2v) is 7.03. The number of rotatable bonds is 4. The van der Waals surface area contributed by atoms with Crippen molar-refractivity contribution >= 4 is 5.71 Å². The van der Waals surface area contributed by atoms with Crippen molar-refractivity contribution in [2.75, 3.05) is 6.61 Å². The van der Waals surface area contributed by atoms with Gasteiger partial charge in [-0.3, -0.25) is 4.98 Å². The van der Waals surface area contributed by atoms with E-state index < -0.39 is 6.23 Å². The molecule has 0 fully saturated rings. The third-order valence-electron chi connectivity index (χ3n) is 5.20. The summed E-state index contributed by atoms with van der Waals surface area (Å²) in [5.41, 5.74) is 3.64. The molecule has 0 spiro atoms. The maximum Gasteiger partial charge on any atom is 0.230 e. The fourth-order valence-electron chi connectivity index (χ4n) is 3.93. The lowest BCUT2D eigenvalue weighted by molar-refractivity contribution is -0.0240. The summed E-state index contributed by atoms with van der Waals surface area (Å²) < 4.78 is 12.2. The highest BCUT2D eigenvalue weighted by Crippen LogP contribution is 2.50. The molecule has 3 heterocycles. The molecule has 2 aromatic carbocycles. The molecule has 6 nitrogen and oxygen atoms in total. The van der Waals surface area contributed by atoms with Gasteiger partial charge in [0.2, 0.25) is 6.23 Å². The molecule has 29 heavy (non-hydrogen) atoms. The average Bonchev–Trinajstić information content (AvgIpc) is 3.20. The summed E-state index contributed by atoms with van der Waals surface area (Å²) in [6.07, 6.45) is 2.01. The number of nitrogens with zero attached hydrogens (tertiary/aromatic N) is 3. The van der Waals surface area contributed by atoms with Crippen molar-refractivity contribution in [3.8, 4) is 17.2 Å². The Balaban J connectivity index is 1.61. The van der Waals surface area contributed by atoms with Crippen molar-refractivity contribution in [1.82, 2.24) is 9.99 Å². The minimum Gasteiger partial charge on any atom is -0.508 e. The molecular weight excluding hydrogens is 366 g/mol. The Morgan fingerprint density at radius 2 is 2.03 bits per heavy atom. The van der Waals surface area contributed by atoms with Gasteiger partial charge < -0.3 is 14.6 Å². The summed E-state index contributed by atoms with van der Waals surface area (Å²) in [6, 6.07) is 18.9. The normalized spacial score (nSPS) is 19.8. The number of phenolic OH excluding ortho intramolecular Hbond substituents is 1. The van der Waals surface area contributed by atoms with Crippen molar-refractivity contribution in [2.45, 2.75) is 25.6 Å². The number of para-hydroxylation sites is 1. The highest BCUT2D eigenvalue weighted by Gasteiger charge is 2.42. The molecule has 0 amide bonds. The number of pyridine rings is 1. The number of fused-ring (bicyclic) bond motifs is 3. The van der Waals surface area contributed by atoms with Crippen LogP contribution < -0.4 is 9.47 Å². The number of hydrazone groups is 1. The number of ether oxygens (including phenoxy) is 2. The van der Waals surface area contributed by atoms with E-state index in [0.29, 0.717) is 13.0 Å². The molecular formula is C23H21N3O3. The first-order valence-electron chi connectivity index (χ1n) is 9.73. The Labute approximate surface area is 169 Å². The van der Waals surface area contributed by atoms with E-state index in [1.165, 1.54) is 0 Å². The van der Waals surface area contributed by atoms with Crippen LogP contribution >= 0.6 is 0 Å². The van der Waals surface area contributed by atoms with E-state index in [-0.39, 0.29) is 11.8 Å². The van der Waals surface area contributed by atoms with Gasteiger partial charge in [-0.25, -0.2) is 5.01 Å². The van der Waals surface area contributed by atoms with Gasteiger partial charge in [0.1, 0.15) is 11.4 Å². The lowest BCUT2D eigenvalue weighted by Gasteiger charge is -2.38. The lowest BCUT2D eigenvalue weighted by atomic mass is 9.96. The number of benzene rings is 2. The van der Waals surface area contributed by atoms with E-state index in [1.807, 2.05) is 54.4 Å². The first-order chi connectivity index (χ1) is 14.2. The minimum atomic E-state index is -0.454. The number of hydrogen-bond donors (Lipinski definition) is 1. The summed E-state index contributed by atoms with van der Waals surface area (Å²) in [4.78, 5) is 4.51. The maximum atomic E-state index is 9.90. The summed E-state index contributed by atoms with van der Waals surface area (Å²) in [5.74, 6) is 1.71. The zero-order valence-electron chi connectivity index (χ0n) is 16.0. The Morgan fingerprint density at radius 1 is 1.14 bits per heavy atom. The molecule has 2 aliphatic heterocycles. The van der Waals surface area contributed by atoms with Crippen LogP contribution in [0.2, 0.25) is 0 Å². The van der Waals surface area contributed by atoms with Crippen LogP contribution in [0.4, 0.5) is 0 Å². The quantitative estimate of drug-likeness (QED) is 0.717. The van der Waals surface area contributed by atoms with Crippen LogP contribution in [0.1, 0.15) is 42.4 Å². The molecule has 0 saturated heterocycles. The average molecular weight is 387 g/mol. The molecule has 1 aromatic heterocycles. The van der Waals surface area contributed by atoms with Crippen molar-refractivity contribution in [2.24, 2.45) is 5.10 Å². The maximum absolute atomic E-state index is 9.90. The smallest absolute Gasteiger partial charge is 0.230 e. The molecule has 5 rings (SSSR count). The highest BCUT2D eigenvalue weighted by molar-refractivity contribution is 6.02. The second kappa shape index (κ2) is 7.13. The largest absolute Gasteiger partial charge is 0.508 e. The van der Waals surface area contributed by atoms with E-state index in [9.17, 15) is 5.11 Å². The van der Waals surface area contributed by atoms with Crippen LogP contribution in [0.5, 0.6) is 17.2 Å². The van der Waals surface area contributed by atoms with Gasteiger partial charge in [0.05, 0.1) is 18.4 Å². The molecule has 1 N–H and O–H groups in total. The standard InChI is InChI=1S/C23H21N3O3/c1-2-28-21-11-6-9-17-20-14-19(15-7-5-8-16(27)13-15)25-26(20)23(29-22(17)21)18-10-3-4-12-24-18/h3-13,20,23,27H,2,14H2,1H3/t20-,23-/m1/s1. The Bertz CT molecular complexity index is 1070. The van der Waals surface area contributed by atoms with Gasteiger partial charge in [0.15, 0.2) is 11.5 Å². The van der Waals surface area contributed by atoms with Gasteiger partial charge in [-0.05, 0) is 37.3 Å². The summed E-state index contributed by atoms with van der Waals surface area (Å²) in [7, 11) is 0. The van der Waals surface area contributed by atoms with E-state index >= 15 is 0 Å². The fraction of sp³-hybridized carbons (Fsp3) is 0.217. The van der Waals surface area contributed by atoms with Crippen LogP contribution in [-0.4, -0.2) is 27.4 Å². The Hall–Kier alpha value is -3.54. The minimum absolute atomic E-state index is 0.00325. The van der Waals surface area contributed by atoms with Crippen LogP contribution in [-0.2, 0) is 0 Å². The number of phenols is 1. The van der Waals surface area contributed by atoms with Gasteiger partial charge in [0.25, 0.3) is 0 Å². The molecule has 146 valence electrons. The predicted molar refractivity (Wildman–Crippen MR) is 109 cm³/mol. The topological polar surface area (TPSA) is 67.2 Å². The third kappa shape index (κ3) is 3.06. The molecule has 0 bridgehead atoms. The third-order valence-corrected chi connectivity index (χ3v) is 5.20. The summed E-state index contributed by atoms with van der Waals surface area (Å²) in [6.45, 7) is 2.52. The molecule has 0 unspecified atom stereocenters. The van der Waals surface area contributed by atoms with Crippen LogP contribution in [0.3, 0.4) is 0 Å². The van der Waals surface area contributed by atoms with Crippen LogP contribution in [0.15, 0.2) is 72.0 Å². The van der Waals surface area contributed by atoms with Crippen molar-refractivity contribution in [1.29, 1.82) is 0 Å². The van der Waals surface area contributed by atoms with Crippen molar-refractivity contribution in [3.05, 3.63) is 83.7 Å². The Kier molecular flexibility index (Phi) is 4.31. The molecule has 0 saturated carbocycles. The first kappa shape index (κ1) is 17.6. The van der Waals surface area contributed by atoms with E-state index in [4.69, 9.17) is 14.6 Å². The molecule has 0 aliphatic carbocycles. The molecule has 2 atom stereocenters. The zero-order chi connectivity index (χ0) is 19.8. The predicted octanol–water partition coefficient (Wildman–Crippen LogP) is 4.43.